The molecule has 0 bridgehead atoms. The highest BCUT2D eigenvalue weighted by Gasteiger charge is 2.22. The Kier molecular flexibility index (Phi) is 4.34. The van der Waals surface area contributed by atoms with E-state index >= 15 is 0 Å². The highest BCUT2D eigenvalue weighted by atomic mass is 79.9. The van der Waals surface area contributed by atoms with E-state index in [1.165, 1.54) is 6.07 Å². The minimum atomic E-state index is -0.825. The van der Waals surface area contributed by atoms with Gasteiger partial charge in [0.05, 0.1) is 4.92 Å². The average molecular weight is 339 g/mol. The molecule has 4 nitrogen and oxygen atoms in total. The van der Waals surface area contributed by atoms with Crippen molar-refractivity contribution in [3.63, 3.8) is 0 Å². The zero-order chi connectivity index (χ0) is 14.7. The van der Waals surface area contributed by atoms with Crippen LogP contribution < -0.4 is 4.90 Å². The van der Waals surface area contributed by atoms with Crippen LogP contribution in [-0.4, -0.2) is 12.0 Å². The zero-order valence-corrected chi connectivity index (χ0v) is 12.3. The molecule has 0 spiro atoms. The Labute approximate surface area is 124 Å². The molecule has 2 aromatic carbocycles. The monoisotopic (exact) mass is 338 g/mol. The summed E-state index contributed by atoms with van der Waals surface area (Å²) in [6.45, 7) is 0.448. The molecule has 2 rings (SSSR count). The zero-order valence-electron chi connectivity index (χ0n) is 10.7. The van der Waals surface area contributed by atoms with Gasteiger partial charge in [0, 0.05) is 18.1 Å². The molecule has 6 heteroatoms. The molecule has 0 saturated heterocycles. The number of benzene rings is 2. The molecule has 0 amide bonds. The van der Waals surface area contributed by atoms with Crippen LogP contribution in [0.4, 0.5) is 15.8 Å². The average Bonchev–Trinajstić information content (AvgIpc) is 2.37. The number of nitrogens with zero attached hydrogens (tertiary/aromatic N) is 2. The number of rotatable bonds is 4. The van der Waals surface area contributed by atoms with Crippen molar-refractivity contribution in [2.75, 3.05) is 11.9 Å². The summed E-state index contributed by atoms with van der Waals surface area (Å²) in [6.07, 6.45) is 0. The highest BCUT2D eigenvalue weighted by molar-refractivity contribution is 9.10. The van der Waals surface area contributed by atoms with Crippen molar-refractivity contribution >= 4 is 27.3 Å². The maximum Gasteiger partial charge on any atom is 0.327 e. The lowest BCUT2D eigenvalue weighted by Gasteiger charge is -2.19. The van der Waals surface area contributed by atoms with Gasteiger partial charge in [-0.15, -0.1) is 0 Å². The predicted molar refractivity (Wildman–Crippen MR) is 79.3 cm³/mol. The minimum Gasteiger partial charge on any atom is -0.365 e. The summed E-state index contributed by atoms with van der Waals surface area (Å²) in [5.74, 6) is -0.825. The molecule has 0 aromatic heterocycles. The fourth-order valence-corrected chi connectivity index (χ4v) is 2.43. The van der Waals surface area contributed by atoms with Crippen molar-refractivity contribution in [1.29, 1.82) is 0 Å². The van der Waals surface area contributed by atoms with Gasteiger partial charge < -0.3 is 4.90 Å². The number of hydrogen-bond acceptors (Lipinski definition) is 3. The van der Waals surface area contributed by atoms with Crippen molar-refractivity contribution in [3.05, 3.63) is 68.4 Å². The normalized spacial score (nSPS) is 10.3. The second-order valence-corrected chi connectivity index (χ2v) is 5.27. The summed E-state index contributed by atoms with van der Waals surface area (Å²) in [5, 5.41) is 11.0. The van der Waals surface area contributed by atoms with E-state index in [4.69, 9.17) is 0 Å². The first-order valence-corrected chi connectivity index (χ1v) is 6.67. The number of para-hydroxylation sites is 1. The summed E-state index contributed by atoms with van der Waals surface area (Å²) < 4.78 is 14.5. The van der Waals surface area contributed by atoms with Crippen molar-refractivity contribution in [1.82, 2.24) is 0 Å². The first-order valence-electron chi connectivity index (χ1n) is 5.87. The molecule has 0 saturated carbocycles. The van der Waals surface area contributed by atoms with Crippen LogP contribution >= 0.6 is 15.9 Å². The fraction of sp³-hybridized carbons (Fsp3) is 0.143. The number of anilines is 1. The molecule has 0 unspecified atom stereocenters. The number of nitro benzene ring substituents is 1. The fourth-order valence-electron chi connectivity index (χ4n) is 1.99. The lowest BCUT2D eigenvalue weighted by atomic mass is 10.2. The van der Waals surface area contributed by atoms with Gasteiger partial charge in [-0.05, 0) is 29.8 Å². The van der Waals surface area contributed by atoms with Crippen LogP contribution in [0.25, 0.3) is 0 Å². The molecule has 20 heavy (non-hydrogen) atoms. The third kappa shape index (κ3) is 3.14. The van der Waals surface area contributed by atoms with Crippen LogP contribution in [0.3, 0.4) is 0 Å². The topological polar surface area (TPSA) is 46.4 Å². The van der Waals surface area contributed by atoms with E-state index in [0.717, 1.165) is 16.1 Å². The van der Waals surface area contributed by atoms with Crippen molar-refractivity contribution in [2.45, 2.75) is 6.54 Å². The Morgan fingerprint density at radius 1 is 1.30 bits per heavy atom. The maximum absolute atomic E-state index is 13.6. The van der Waals surface area contributed by atoms with Gasteiger partial charge in [-0.2, -0.15) is 4.39 Å². The highest BCUT2D eigenvalue weighted by Crippen LogP contribution is 2.30. The van der Waals surface area contributed by atoms with Crippen molar-refractivity contribution < 1.29 is 9.31 Å². The van der Waals surface area contributed by atoms with Crippen LogP contribution in [0.5, 0.6) is 0 Å². The smallest absolute Gasteiger partial charge is 0.327 e. The Morgan fingerprint density at radius 3 is 2.65 bits per heavy atom. The molecular weight excluding hydrogens is 327 g/mol. The summed E-state index contributed by atoms with van der Waals surface area (Å²) in [7, 11) is 1.70. The quantitative estimate of drug-likeness (QED) is 0.621. The molecule has 0 aliphatic heterocycles. The Hall–Kier alpha value is -1.95. The Morgan fingerprint density at radius 2 is 2.00 bits per heavy atom. The molecule has 0 aliphatic carbocycles. The van der Waals surface area contributed by atoms with E-state index in [1.54, 1.807) is 18.0 Å². The van der Waals surface area contributed by atoms with Crippen molar-refractivity contribution in [2.24, 2.45) is 0 Å². The largest absolute Gasteiger partial charge is 0.365 e. The summed E-state index contributed by atoms with van der Waals surface area (Å²) in [4.78, 5) is 11.9. The summed E-state index contributed by atoms with van der Waals surface area (Å²) >= 11 is 3.37. The predicted octanol–water partition coefficient (Wildman–Crippen LogP) is 4.13. The minimum absolute atomic E-state index is 0.259. The molecular formula is C14H12BrFN2O2. The van der Waals surface area contributed by atoms with E-state index < -0.39 is 16.4 Å². The molecule has 0 N–H and O–H groups in total. The maximum atomic E-state index is 13.6. The van der Waals surface area contributed by atoms with Crippen LogP contribution in [-0.2, 0) is 6.54 Å². The van der Waals surface area contributed by atoms with Gasteiger partial charge in [0.15, 0.2) is 0 Å². The third-order valence-electron chi connectivity index (χ3n) is 2.87. The van der Waals surface area contributed by atoms with Crippen LogP contribution in [0.15, 0.2) is 46.9 Å². The first kappa shape index (κ1) is 14.5. The number of halogens is 2. The number of hydrogen-bond donors (Lipinski definition) is 0. The van der Waals surface area contributed by atoms with Gasteiger partial charge in [0.1, 0.15) is 5.69 Å². The van der Waals surface area contributed by atoms with Crippen molar-refractivity contribution in [3.8, 4) is 0 Å². The van der Waals surface area contributed by atoms with Gasteiger partial charge in [-0.1, -0.05) is 34.1 Å². The molecule has 0 fully saturated rings. The first-order chi connectivity index (χ1) is 9.49. The Bertz CT molecular complexity index is 649. The lowest BCUT2D eigenvalue weighted by Crippen LogP contribution is -2.18. The van der Waals surface area contributed by atoms with Gasteiger partial charge >= 0.3 is 5.69 Å². The summed E-state index contributed by atoms with van der Waals surface area (Å²) in [6, 6.07) is 11.7. The van der Waals surface area contributed by atoms with Crippen LogP contribution in [0.2, 0.25) is 0 Å². The second kappa shape index (κ2) is 6.00. The number of nitro groups is 1. The van der Waals surface area contributed by atoms with Gasteiger partial charge in [-0.3, -0.25) is 10.1 Å². The van der Waals surface area contributed by atoms with Gasteiger partial charge in [0.25, 0.3) is 0 Å². The van der Waals surface area contributed by atoms with E-state index in [2.05, 4.69) is 15.9 Å². The van der Waals surface area contributed by atoms with Gasteiger partial charge in [0.2, 0.25) is 5.82 Å². The molecule has 104 valence electrons. The third-order valence-corrected chi connectivity index (χ3v) is 3.36. The Balaban J connectivity index is 2.32. The molecule has 0 atom stereocenters. The van der Waals surface area contributed by atoms with Crippen LogP contribution in [0, 0.1) is 15.9 Å². The van der Waals surface area contributed by atoms with E-state index in [-0.39, 0.29) is 5.69 Å². The SMILES string of the molecule is CN(Cc1cccc(Br)c1)c1cccc(F)c1[N+](=O)[O-]. The molecule has 0 heterocycles. The molecule has 0 radical (unpaired) electrons. The lowest BCUT2D eigenvalue weighted by molar-refractivity contribution is -0.386. The molecule has 2 aromatic rings. The van der Waals surface area contributed by atoms with E-state index in [1.807, 2.05) is 24.3 Å². The summed E-state index contributed by atoms with van der Waals surface area (Å²) in [5.41, 5.74) is 0.736. The molecule has 0 aliphatic rings. The standard InChI is InChI=1S/C14H12BrFN2O2/c1-17(9-10-4-2-5-11(15)8-10)13-7-3-6-12(16)14(13)18(19)20/h2-8H,9H2,1H3. The van der Waals surface area contributed by atoms with E-state index in [9.17, 15) is 14.5 Å². The van der Waals surface area contributed by atoms with Gasteiger partial charge in [-0.25, -0.2) is 0 Å². The van der Waals surface area contributed by atoms with Crippen LogP contribution in [0.1, 0.15) is 5.56 Å². The second-order valence-electron chi connectivity index (χ2n) is 4.35. The van der Waals surface area contributed by atoms with E-state index in [0.29, 0.717) is 6.54 Å².